The molecule has 0 saturated heterocycles. The van der Waals surface area contributed by atoms with E-state index in [2.05, 4.69) is 48.3 Å². The molecule has 0 atom stereocenters. The number of aromatic amines is 1. The van der Waals surface area contributed by atoms with Crippen LogP contribution in [0, 0.1) is 0 Å². The summed E-state index contributed by atoms with van der Waals surface area (Å²) in [5, 5.41) is 4.65. The lowest BCUT2D eigenvalue weighted by molar-refractivity contribution is 0.104. The van der Waals surface area contributed by atoms with Gasteiger partial charge in [-0.2, -0.15) is 0 Å². The predicted octanol–water partition coefficient (Wildman–Crippen LogP) is 7.44. The highest BCUT2D eigenvalue weighted by Gasteiger charge is 2.22. The third kappa shape index (κ3) is 3.00. The van der Waals surface area contributed by atoms with Crippen LogP contribution in [0.2, 0.25) is 0 Å². The topological polar surface area (TPSA) is 32.9 Å². The van der Waals surface area contributed by atoms with Crippen LogP contribution >= 0.6 is 0 Å². The van der Waals surface area contributed by atoms with Gasteiger partial charge in [0.05, 0.1) is 11.1 Å². The van der Waals surface area contributed by atoms with Crippen molar-refractivity contribution < 1.29 is 4.79 Å². The Morgan fingerprint density at radius 3 is 2.20 bits per heavy atom. The summed E-state index contributed by atoms with van der Waals surface area (Å²) in [7, 11) is 0. The number of hydrogen-bond acceptors (Lipinski definition) is 1. The van der Waals surface area contributed by atoms with Crippen LogP contribution in [0.1, 0.15) is 47.7 Å². The van der Waals surface area contributed by atoms with Crippen LogP contribution in [-0.4, -0.2) is 10.8 Å². The molecule has 0 aliphatic rings. The highest BCUT2D eigenvalue weighted by atomic mass is 16.1. The Morgan fingerprint density at radius 2 is 1.43 bits per heavy atom. The molecule has 5 rings (SSSR count). The second-order valence-corrected chi connectivity index (χ2v) is 7.97. The Morgan fingerprint density at radius 1 is 0.767 bits per heavy atom. The number of benzene rings is 4. The van der Waals surface area contributed by atoms with Crippen LogP contribution in [0.4, 0.5) is 0 Å². The molecule has 2 heteroatoms. The summed E-state index contributed by atoms with van der Waals surface area (Å²) in [6.45, 7) is 2.24. The number of para-hydroxylation sites is 1. The van der Waals surface area contributed by atoms with Crippen molar-refractivity contribution in [2.45, 2.75) is 32.6 Å². The van der Waals surface area contributed by atoms with Crippen molar-refractivity contribution in [3.8, 4) is 0 Å². The van der Waals surface area contributed by atoms with Crippen LogP contribution in [0.3, 0.4) is 0 Å². The average molecular weight is 392 g/mol. The van der Waals surface area contributed by atoms with Gasteiger partial charge >= 0.3 is 0 Å². The molecule has 1 N–H and O–H groups in total. The molecule has 0 unspecified atom stereocenters. The smallest absolute Gasteiger partial charge is 0.195 e. The number of carbonyl (C=O) groups is 1. The van der Waals surface area contributed by atoms with Gasteiger partial charge in [-0.25, -0.2) is 0 Å². The molecule has 148 valence electrons. The highest BCUT2D eigenvalue weighted by molar-refractivity contribution is 6.28. The summed E-state index contributed by atoms with van der Waals surface area (Å²) in [4.78, 5) is 17.3. The number of hydrogen-bond donors (Lipinski definition) is 1. The first kappa shape index (κ1) is 18.6. The van der Waals surface area contributed by atoms with Gasteiger partial charge in [-0.3, -0.25) is 4.79 Å². The lowest BCUT2D eigenvalue weighted by Crippen LogP contribution is -2.05. The standard InChI is InChI=1S/C28H25NO/c1-2-3-5-15-21-20-14-8-9-16-22(20)26(28(30)19-12-6-4-7-13-19)27-25(21)23-17-10-11-18-24(23)29-27/h4,6-14,16-18,29H,2-3,5,15H2,1H3. The molecule has 2 nitrogen and oxygen atoms in total. The van der Waals surface area contributed by atoms with Gasteiger partial charge in [0, 0.05) is 21.9 Å². The van der Waals surface area contributed by atoms with Gasteiger partial charge in [-0.15, -0.1) is 0 Å². The molecule has 0 amide bonds. The Hall–Kier alpha value is -3.39. The van der Waals surface area contributed by atoms with Crippen molar-refractivity contribution in [2.75, 3.05) is 0 Å². The quantitative estimate of drug-likeness (QED) is 0.237. The molecule has 1 heterocycles. The van der Waals surface area contributed by atoms with Crippen molar-refractivity contribution in [1.82, 2.24) is 4.98 Å². The van der Waals surface area contributed by atoms with Gasteiger partial charge in [0.2, 0.25) is 0 Å². The fourth-order valence-corrected chi connectivity index (χ4v) is 4.66. The van der Waals surface area contributed by atoms with Gasteiger partial charge in [0.25, 0.3) is 0 Å². The van der Waals surface area contributed by atoms with Gasteiger partial charge in [-0.1, -0.05) is 92.6 Å². The molecule has 0 saturated carbocycles. The molecule has 0 bridgehead atoms. The van der Waals surface area contributed by atoms with Gasteiger partial charge < -0.3 is 4.98 Å². The van der Waals surface area contributed by atoms with Gasteiger partial charge in [-0.05, 0) is 35.2 Å². The second-order valence-electron chi connectivity index (χ2n) is 7.97. The zero-order valence-corrected chi connectivity index (χ0v) is 17.2. The summed E-state index contributed by atoms with van der Waals surface area (Å²) in [5.74, 6) is 0.0727. The Bertz CT molecular complexity index is 1360. The second kappa shape index (κ2) is 7.79. The van der Waals surface area contributed by atoms with E-state index in [1.54, 1.807) is 0 Å². The zero-order chi connectivity index (χ0) is 20.5. The minimum Gasteiger partial charge on any atom is -0.354 e. The molecule has 0 aliphatic carbocycles. The van der Waals surface area contributed by atoms with Crippen LogP contribution in [-0.2, 0) is 6.42 Å². The molecule has 4 aromatic carbocycles. The summed E-state index contributed by atoms with van der Waals surface area (Å²) in [6.07, 6.45) is 4.58. The Balaban J connectivity index is 1.90. The number of aryl methyl sites for hydroxylation is 1. The summed E-state index contributed by atoms with van der Waals surface area (Å²) in [5.41, 5.74) is 4.91. The van der Waals surface area contributed by atoms with Crippen LogP contribution < -0.4 is 0 Å². The zero-order valence-electron chi connectivity index (χ0n) is 17.2. The summed E-state index contributed by atoms with van der Waals surface area (Å²) >= 11 is 0. The first-order valence-electron chi connectivity index (χ1n) is 10.8. The minimum atomic E-state index is 0.0727. The molecule has 1 aromatic heterocycles. The lowest BCUT2D eigenvalue weighted by atomic mass is 9.88. The third-order valence-corrected chi connectivity index (χ3v) is 6.07. The van der Waals surface area contributed by atoms with E-state index in [1.807, 2.05) is 42.5 Å². The van der Waals surface area contributed by atoms with Crippen LogP contribution in [0.25, 0.3) is 32.6 Å². The number of H-pyrrole nitrogens is 1. The van der Waals surface area contributed by atoms with Crippen molar-refractivity contribution in [3.63, 3.8) is 0 Å². The summed E-state index contributed by atoms with van der Waals surface area (Å²) in [6, 6.07) is 26.4. The predicted molar refractivity (Wildman–Crippen MR) is 126 cm³/mol. The third-order valence-electron chi connectivity index (χ3n) is 6.07. The largest absolute Gasteiger partial charge is 0.354 e. The molecule has 0 spiro atoms. The number of carbonyl (C=O) groups excluding carboxylic acids is 1. The molecular formula is C28H25NO. The van der Waals surface area contributed by atoms with Gasteiger partial charge in [0.15, 0.2) is 5.78 Å². The normalized spacial score (nSPS) is 11.5. The van der Waals surface area contributed by atoms with Crippen molar-refractivity contribution in [1.29, 1.82) is 0 Å². The Kier molecular flexibility index (Phi) is 4.84. The van der Waals surface area contributed by atoms with E-state index < -0.39 is 0 Å². The maximum atomic E-state index is 13.7. The number of fused-ring (bicyclic) bond motifs is 4. The number of unbranched alkanes of at least 4 members (excludes halogenated alkanes) is 2. The average Bonchev–Trinajstić information content (AvgIpc) is 3.18. The number of nitrogens with one attached hydrogen (secondary N) is 1. The van der Waals surface area contributed by atoms with E-state index in [-0.39, 0.29) is 5.78 Å². The van der Waals surface area contributed by atoms with Crippen molar-refractivity contribution in [2.24, 2.45) is 0 Å². The molecule has 0 fully saturated rings. The number of aromatic nitrogens is 1. The molecular weight excluding hydrogens is 366 g/mol. The minimum absolute atomic E-state index is 0.0727. The highest BCUT2D eigenvalue weighted by Crippen LogP contribution is 2.39. The molecule has 5 aromatic rings. The van der Waals surface area contributed by atoms with Crippen LogP contribution in [0.5, 0.6) is 0 Å². The fourth-order valence-electron chi connectivity index (χ4n) is 4.66. The molecule has 30 heavy (non-hydrogen) atoms. The van der Waals surface area contributed by atoms with E-state index in [1.165, 1.54) is 34.6 Å². The number of rotatable bonds is 6. The number of ketones is 1. The van der Waals surface area contributed by atoms with E-state index in [4.69, 9.17) is 0 Å². The molecule has 0 radical (unpaired) electrons. The van der Waals surface area contributed by atoms with E-state index >= 15 is 0 Å². The lowest BCUT2D eigenvalue weighted by Gasteiger charge is -2.14. The van der Waals surface area contributed by atoms with E-state index in [0.717, 1.165) is 40.4 Å². The van der Waals surface area contributed by atoms with E-state index in [9.17, 15) is 4.79 Å². The first-order valence-corrected chi connectivity index (χ1v) is 10.8. The maximum Gasteiger partial charge on any atom is 0.195 e. The Labute approximate surface area is 176 Å². The van der Waals surface area contributed by atoms with Crippen molar-refractivity contribution >= 4 is 38.4 Å². The summed E-state index contributed by atoms with van der Waals surface area (Å²) < 4.78 is 0. The maximum absolute atomic E-state index is 13.7. The van der Waals surface area contributed by atoms with E-state index in [0.29, 0.717) is 0 Å². The monoisotopic (exact) mass is 391 g/mol. The van der Waals surface area contributed by atoms with Gasteiger partial charge in [0.1, 0.15) is 0 Å². The van der Waals surface area contributed by atoms with Crippen LogP contribution in [0.15, 0.2) is 78.9 Å². The SMILES string of the molecule is CCCCCc1c2ccccc2c(C(=O)c2ccccc2)c2[nH]c3ccccc3c12. The first-order chi connectivity index (χ1) is 14.8. The molecule has 0 aliphatic heterocycles. The van der Waals surface area contributed by atoms with Crippen molar-refractivity contribution in [3.05, 3.63) is 95.6 Å². The fraction of sp³-hybridized carbons (Fsp3) is 0.179.